The highest BCUT2D eigenvalue weighted by Crippen LogP contribution is 2.50. The summed E-state index contributed by atoms with van der Waals surface area (Å²) in [5, 5.41) is 15.3. The van der Waals surface area contributed by atoms with Crippen molar-refractivity contribution >= 4 is 23.3 Å². The van der Waals surface area contributed by atoms with Gasteiger partial charge in [0.1, 0.15) is 5.82 Å². The Bertz CT molecular complexity index is 989. The van der Waals surface area contributed by atoms with Gasteiger partial charge in [0.15, 0.2) is 0 Å². The van der Waals surface area contributed by atoms with Gasteiger partial charge in [0.05, 0.1) is 12.6 Å². The molecule has 2 amide bonds. The van der Waals surface area contributed by atoms with E-state index in [0.717, 1.165) is 35.5 Å². The molecule has 1 fully saturated rings. The van der Waals surface area contributed by atoms with Gasteiger partial charge < -0.3 is 20.6 Å². The lowest BCUT2D eigenvalue weighted by atomic mass is 9.79. The molecule has 164 valence electrons. The van der Waals surface area contributed by atoms with E-state index in [1.54, 1.807) is 19.2 Å². The quantitative estimate of drug-likeness (QED) is 0.665. The van der Waals surface area contributed by atoms with E-state index in [2.05, 4.69) is 22.5 Å². The van der Waals surface area contributed by atoms with Crippen LogP contribution in [0.25, 0.3) is 0 Å². The van der Waals surface area contributed by atoms with Crippen LogP contribution >= 0.6 is 0 Å². The smallest absolute Gasteiger partial charge is 0.251 e. The summed E-state index contributed by atoms with van der Waals surface area (Å²) in [5.41, 5.74) is 3.39. The minimum absolute atomic E-state index is 0.0228. The summed E-state index contributed by atoms with van der Waals surface area (Å²) in [6, 6.07) is 9.49. The number of fused-ring (bicyclic) bond motifs is 1. The summed E-state index contributed by atoms with van der Waals surface area (Å²) in [4.78, 5) is 31.7. The fraction of sp³-hybridized carbons (Fsp3) is 0.458. The number of rotatable bonds is 6. The predicted molar refractivity (Wildman–Crippen MR) is 120 cm³/mol. The van der Waals surface area contributed by atoms with Gasteiger partial charge in [-0.3, -0.25) is 9.59 Å². The third-order valence-corrected chi connectivity index (χ3v) is 6.31. The Balaban J connectivity index is 1.78. The number of carbonyl (C=O) groups excluding carboxylic acids is 2. The normalized spacial score (nSPS) is 22.6. The van der Waals surface area contributed by atoms with Gasteiger partial charge in [0, 0.05) is 42.9 Å². The monoisotopic (exact) mass is 422 g/mol. The maximum absolute atomic E-state index is 12.7. The fourth-order valence-corrected chi connectivity index (χ4v) is 4.75. The maximum Gasteiger partial charge on any atom is 0.251 e. The van der Waals surface area contributed by atoms with Crippen LogP contribution in [-0.4, -0.2) is 41.1 Å². The standard InChI is InChI=1S/C24H30N4O3/c1-14-8-9-25-21(12-14)27-22-15(2)23(17-4-5-17)28(16(3)30)20-7-6-18(13-19(20)22)24(31)26-10-11-29/h6-9,12-13,15,17,22-23,29H,4-5,10-11H2,1-3H3,(H,25,27)(H,26,31)/t15-,22-,23-/m1/s1. The molecule has 1 aliphatic carbocycles. The minimum Gasteiger partial charge on any atom is -0.395 e. The van der Waals surface area contributed by atoms with Crippen LogP contribution in [0, 0.1) is 18.8 Å². The molecule has 7 heteroatoms. The Hall–Kier alpha value is -2.93. The lowest BCUT2D eigenvalue weighted by molar-refractivity contribution is -0.117. The van der Waals surface area contributed by atoms with Crippen LogP contribution in [0.15, 0.2) is 36.5 Å². The number of hydrogen-bond donors (Lipinski definition) is 3. The van der Waals surface area contributed by atoms with Gasteiger partial charge in [-0.1, -0.05) is 6.92 Å². The van der Waals surface area contributed by atoms with Gasteiger partial charge in [-0.25, -0.2) is 4.98 Å². The average Bonchev–Trinajstić information content (AvgIpc) is 3.58. The van der Waals surface area contributed by atoms with E-state index in [1.807, 2.05) is 36.1 Å². The van der Waals surface area contributed by atoms with E-state index in [9.17, 15) is 9.59 Å². The molecular weight excluding hydrogens is 392 g/mol. The van der Waals surface area contributed by atoms with Crippen molar-refractivity contribution in [2.24, 2.45) is 11.8 Å². The molecule has 3 N–H and O–H groups in total. The van der Waals surface area contributed by atoms with E-state index < -0.39 is 0 Å². The van der Waals surface area contributed by atoms with Crippen LogP contribution < -0.4 is 15.5 Å². The number of anilines is 2. The zero-order chi connectivity index (χ0) is 22.1. The molecule has 0 spiro atoms. The lowest BCUT2D eigenvalue weighted by Gasteiger charge is -2.46. The van der Waals surface area contributed by atoms with E-state index in [4.69, 9.17) is 5.11 Å². The highest BCUT2D eigenvalue weighted by Gasteiger charge is 2.47. The van der Waals surface area contributed by atoms with Crippen LogP contribution in [0.1, 0.15) is 54.2 Å². The summed E-state index contributed by atoms with van der Waals surface area (Å²) >= 11 is 0. The number of nitrogens with one attached hydrogen (secondary N) is 2. The first-order chi connectivity index (χ1) is 14.9. The molecule has 4 rings (SSSR count). The third-order valence-electron chi connectivity index (χ3n) is 6.31. The first-order valence-electron chi connectivity index (χ1n) is 10.9. The van der Waals surface area contributed by atoms with Crippen LogP contribution in [0.5, 0.6) is 0 Å². The molecule has 2 aromatic rings. The number of nitrogens with zero attached hydrogens (tertiary/aromatic N) is 2. The third kappa shape index (κ3) is 4.28. The van der Waals surface area contributed by atoms with Crippen molar-refractivity contribution in [2.45, 2.75) is 45.7 Å². The van der Waals surface area contributed by atoms with Crippen LogP contribution in [-0.2, 0) is 4.79 Å². The number of hydrogen-bond acceptors (Lipinski definition) is 5. The van der Waals surface area contributed by atoms with Gasteiger partial charge >= 0.3 is 0 Å². The van der Waals surface area contributed by atoms with Crippen molar-refractivity contribution in [1.82, 2.24) is 10.3 Å². The molecule has 1 aromatic heterocycles. The van der Waals surface area contributed by atoms with Gasteiger partial charge in [-0.05, 0) is 67.1 Å². The van der Waals surface area contributed by atoms with Crippen molar-refractivity contribution in [3.05, 3.63) is 53.2 Å². The van der Waals surface area contributed by atoms with E-state index in [1.165, 1.54) is 0 Å². The van der Waals surface area contributed by atoms with Crippen molar-refractivity contribution in [2.75, 3.05) is 23.4 Å². The molecule has 1 aromatic carbocycles. The lowest BCUT2D eigenvalue weighted by Crippen LogP contribution is -2.51. The SMILES string of the molecule is CC(=O)N1c2ccc(C(=O)NCCO)cc2[C@H](Nc2cc(C)ccn2)[C@@H](C)[C@@H]1C1CC1. The second-order valence-electron chi connectivity index (χ2n) is 8.67. The molecule has 0 unspecified atom stereocenters. The molecule has 1 saturated carbocycles. The van der Waals surface area contributed by atoms with Crippen LogP contribution in [0.4, 0.5) is 11.5 Å². The Kier molecular flexibility index (Phi) is 5.96. The zero-order valence-electron chi connectivity index (χ0n) is 18.3. The number of amides is 2. The molecule has 2 heterocycles. The van der Waals surface area contributed by atoms with Crippen LogP contribution in [0.2, 0.25) is 0 Å². The largest absolute Gasteiger partial charge is 0.395 e. The highest BCUT2D eigenvalue weighted by atomic mass is 16.3. The number of aliphatic hydroxyl groups excluding tert-OH is 1. The molecule has 2 aliphatic rings. The van der Waals surface area contributed by atoms with E-state index in [0.29, 0.717) is 11.5 Å². The van der Waals surface area contributed by atoms with Crippen molar-refractivity contribution in [3.8, 4) is 0 Å². The number of aliphatic hydroxyl groups is 1. The topological polar surface area (TPSA) is 94.6 Å². The number of aryl methyl sites for hydroxylation is 1. The Morgan fingerprint density at radius 2 is 2.00 bits per heavy atom. The number of pyridine rings is 1. The minimum atomic E-state index is -0.240. The highest BCUT2D eigenvalue weighted by molar-refractivity contribution is 5.98. The van der Waals surface area contributed by atoms with Gasteiger partial charge in [-0.2, -0.15) is 0 Å². The van der Waals surface area contributed by atoms with Crippen molar-refractivity contribution in [3.63, 3.8) is 0 Å². The van der Waals surface area contributed by atoms with E-state index >= 15 is 0 Å². The van der Waals surface area contributed by atoms with Crippen molar-refractivity contribution < 1.29 is 14.7 Å². The van der Waals surface area contributed by atoms with Gasteiger partial charge in [0.25, 0.3) is 5.91 Å². The number of carbonyl (C=O) groups is 2. The molecule has 31 heavy (non-hydrogen) atoms. The predicted octanol–water partition coefficient (Wildman–Crippen LogP) is 3.05. The van der Waals surface area contributed by atoms with Gasteiger partial charge in [-0.15, -0.1) is 0 Å². The number of benzene rings is 1. The second kappa shape index (κ2) is 8.67. The summed E-state index contributed by atoms with van der Waals surface area (Å²) in [5.74, 6) is 1.20. The summed E-state index contributed by atoms with van der Waals surface area (Å²) in [6.45, 7) is 5.90. The summed E-state index contributed by atoms with van der Waals surface area (Å²) in [6.07, 6.45) is 4.04. The molecule has 7 nitrogen and oxygen atoms in total. The van der Waals surface area contributed by atoms with E-state index in [-0.39, 0.29) is 43.0 Å². The molecule has 0 radical (unpaired) electrons. The fourth-order valence-electron chi connectivity index (χ4n) is 4.75. The first kappa shape index (κ1) is 21.3. The Morgan fingerprint density at radius 3 is 2.65 bits per heavy atom. The first-order valence-corrected chi connectivity index (χ1v) is 10.9. The molecule has 3 atom stereocenters. The number of aromatic nitrogens is 1. The Labute approximate surface area is 182 Å². The van der Waals surface area contributed by atoms with Gasteiger partial charge in [0.2, 0.25) is 5.91 Å². The molecular formula is C24H30N4O3. The second-order valence-corrected chi connectivity index (χ2v) is 8.67. The summed E-state index contributed by atoms with van der Waals surface area (Å²) in [7, 11) is 0. The van der Waals surface area contributed by atoms with Crippen LogP contribution in [0.3, 0.4) is 0 Å². The summed E-state index contributed by atoms with van der Waals surface area (Å²) < 4.78 is 0. The maximum atomic E-state index is 12.7. The zero-order valence-corrected chi connectivity index (χ0v) is 18.3. The van der Waals surface area contributed by atoms with Crippen molar-refractivity contribution in [1.29, 1.82) is 0 Å². The molecule has 0 bridgehead atoms. The average molecular weight is 423 g/mol. The Morgan fingerprint density at radius 1 is 1.23 bits per heavy atom. The molecule has 1 aliphatic heterocycles. The molecule has 0 saturated heterocycles.